The number of nitrogens with zero attached hydrogens (tertiary/aromatic N) is 1. The van der Waals surface area contributed by atoms with Gasteiger partial charge in [0.2, 0.25) is 0 Å². The third-order valence-electron chi connectivity index (χ3n) is 2.85. The molecule has 0 bridgehead atoms. The third kappa shape index (κ3) is 2.72. The first-order valence-corrected chi connectivity index (χ1v) is 6.44. The summed E-state index contributed by atoms with van der Waals surface area (Å²) >= 11 is 1.45. The van der Waals surface area contributed by atoms with Crippen LogP contribution in [0.4, 0.5) is 9.93 Å². The zero-order valence-corrected chi connectivity index (χ0v) is 10.6. The zero-order valence-electron chi connectivity index (χ0n) is 9.78. The molecule has 2 amide bonds. The molecule has 88 valence electrons. The Balaban J connectivity index is 1.78. The largest absolute Gasteiger partial charge is 0.335 e. The number of thiazole rings is 1. The van der Waals surface area contributed by atoms with Crippen molar-refractivity contribution in [3.05, 3.63) is 11.1 Å². The maximum atomic E-state index is 11.6. The average molecular weight is 239 g/mol. The normalized spacial score (nSPS) is 23.2. The predicted octanol–water partition coefficient (Wildman–Crippen LogP) is 2.62. The Morgan fingerprint density at radius 1 is 1.62 bits per heavy atom. The molecular formula is C11H17N3OS. The van der Waals surface area contributed by atoms with Crippen LogP contribution in [0.25, 0.3) is 0 Å². The Morgan fingerprint density at radius 2 is 2.38 bits per heavy atom. The number of rotatable bonds is 3. The molecule has 1 saturated carbocycles. The van der Waals surface area contributed by atoms with Gasteiger partial charge in [0.15, 0.2) is 5.13 Å². The van der Waals surface area contributed by atoms with Crippen molar-refractivity contribution < 1.29 is 4.79 Å². The molecule has 1 aromatic rings. The van der Waals surface area contributed by atoms with E-state index in [-0.39, 0.29) is 6.03 Å². The van der Waals surface area contributed by atoms with Crippen LogP contribution < -0.4 is 10.6 Å². The number of urea groups is 1. The lowest BCUT2D eigenvalue weighted by molar-refractivity contribution is 0.251. The number of anilines is 1. The number of carbonyl (C=O) groups excluding carboxylic acids is 1. The molecule has 2 N–H and O–H groups in total. The van der Waals surface area contributed by atoms with Crippen molar-refractivity contribution in [2.75, 3.05) is 5.32 Å². The van der Waals surface area contributed by atoms with Gasteiger partial charge in [-0.05, 0) is 25.2 Å². The molecule has 1 aliphatic rings. The van der Waals surface area contributed by atoms with Crippen molar-refractivity contribution in [2.45, 2.75) is 33.2 Å². The molecule has 0 radical (unpaired) electrons. The summed E-state index contributed by atoms with van der Waals surface area (Å²) in [6.07, 6.45) is 1.10. The number of aryl methyl sites for hydroxylation is 1. The minimum absolute atomic E-state index is 0.137. The van der Waals surface area contributed by atoms with E-state index in [1.54, 1.807) is 0 Å². The molecule has 0 spiro atoms. The molecule has 1 fully saturated rings. The summed E-state index contributed by atoms with van der Waals surface area (Å²) < 4.78 is 0. The second kappa shape index (κ2) is 4.41. The molecule has 16 heavy (non-hydrogen) atoms. The summed E-state index contributed by atoms with van der Waals surface area (Å²) in [5.41, 5.74) is 0.937. The molecular weight excluding hydrogens is 222 g/mol. The second-order valence-electron chi connectivity index (χ2n) is 4.64. The van der Waals surface area contributed by atoms with E-state index >= 15 is 0 Å². The zero-order chi connectivity index (χ0) is 11.7. The van der Waals surface area contributed by atoms with Crippen molar-refractivity contribution in [1.29, 1.82) is 0 Å². The minimum atomic E-state index is -0.137. The molecule has 1 heterocycles. The van der Waals surface area contributed by atoms with E-state index < -0.39 is 0 Å². The highest BCUT2D eigenvalue weighted by molar-refractivity contribution is 7.13. The van der Waals surface area contributed by atoms with Crippen molar-refractivity contribution >= 4 is 22.5 Å². The lowest BCUT2D eigenvalue weighted by Gasteiger charge is -2.06. The molecule has 5 heteroatoms. The Bertz CT molecular complexity index is 388. The maximum absolute atomic E-state index is 11.6. The summed E-state index contributed by atoms with van der Waals surface area (Å²) in [6.45, 7) is 6.29. The van der Waals surface area contributed by atoms with Crippen molar-refractivity contribution in [3.63, 3.8) is 0 Å². The van der Waals surface area contributed by atoms with Crippen molar-refractivity contribution in [1.82, 2.24) is 10.3 Å². The van der Waals surface area contributed by atoms with Crippen LogP contribution in [0.3, 0.4) is 0 Å². The number of hydrogen-bond acceptors (Lipinski definition) is 3. The second-order valence-corrected chi connectivity index (χ2v) is 5.50. The van der Waals surface area contributed by atoms with Gasteiger partial charge in [-0.2, -0.15) is 0 Å². The van der Waals surface area contributed by atoms with Gasteiger partial charge in [0.05, 0.1) is 5.69 Å². The highest BCUT2D eigenvalue weighted by atomic mass is 32.1. The van der Waals surface area contributed by atoms with E-state index in [1.807, 2.05) is 12.3 Å². The Morgan fingerprint density at radius 3 is 2.88 bits per heavy atom. The van der Waals surface area contributed by atoms with Gasteiger partial charge in [-0.3, -0.25) is 5.32 Å². The highest BCUT2D eigenvalue weighted by Gasteiger charge is 2.40. The number of nitrogens with one attached hydrogen (secondary N) is 2. The van der Waals surface area contributed by atoms with Crippen LogP contribution >= 0.6 is 11.3 Å². The van der Waals surface area contributed by atoms with Gasteiger partial charge < -0.3 is 5.32 Å². The monoisotopic (exact) mass is 239 g/mol. The van der Waals surface area contributed by atoms with Gasteiger partial charge in [0, 0.05) is 11.4 Å². The summed E-state index contributed by atoms with van der Waals surface area (Å²) in [6, 6.07) is 0.212. The van der Waals surface area contributed by atoms with Crippen molar-refractivity contribution in [2.24, 2.45) is 11.8 Å². The van der Waals surface area contributed by atoms with Crippen LogP contribution in [0.5, 0.6) is 0 Å². The fourth-order valence-corrected chi connectivity index (χ4v) is 2.51. The molecule has 4 nitrogen and oxygen atoms in total. The fraction of sp³-hybridized carbons (Fsp3) is 0.636. The fourth-order valence-electron chi connectivity index (χ4n) is 1.83. The quantitative estimate of drug-likeness (QED) is 0.852. The Kier molecular flexibility index (Phi) is 3.14. The average Bonchev–Trinajstić information content (AvgIpc) is 2.83. The third-order valence-corrected chi connectivity index (χ3v) is 3.73. The molecule has 0 aliphatic heterocycles. The van der Waals surface area contributed by atoms with Gasteiger partial charge in [0.1, 0.15) is 0 Å². The molecule has 0 aromatic carbocycles. The van der Waals surface area contributed by atoms with Crippen LogP contribution in [0.1, 0.15) is 26.0 Å². The van der Waals surface area contributed by atoms with E-state index in [2.05, 4.69) is 29.5 Å². The number of aromatic nitrogens is 1. The van der Waals surface area contributed by atoms with Crippen LogP contribution in [0.15, 0.2) is 5.38 Å². The lowest BCUT2D eigenvalue weighted by Crippen LogP contribution is -2.31. The van der Waals surface area contributed by atoms with Crippen LogP contribution in [-0.2, 0) is 0 Å². The number of hydrogen-bond donors (Lipinski definition) is 2. The summed E-state index contributed by atoms with van der Waals surface area (Å²) in [5, 5.41) is 8.29. The van der Waals surface area contributed by atoms with Gasteiger partial charge in [0.25, 0.3) is 0 Å². The lowest BCUT2D eigenvalue weighted by atomic mass is 10.1. The number of carbonyl (C=O) groups is 1. The van der Waals surface area contributed by atoms with Gasteiger partial charge >= 0.3 is 6.03 Å². The standard InChI is InChI=1S/C11H17N3OS/c1-6(2)8-4-9(8)13-10(15)14-11-12-7(3)5-16-11/h5-6,8-9H,4H2,1-3H3,(H2,12,13,14,15)/t8-,9+/m0/s1. The van der Waals surface area contributed by atoms with E-state index in [4.69, 9.17) is 0 Å². The summed E-state index contributed by atoms with van der Waals surface area (Å²) in [4.78, 5) is 15.8. The van der Waals surface area contributed by atoms with Gasteiger partial charge in [-0.1, -0.05) is 13.8 Å². The number of amides is 2. The smallest absolute Gasteiger partial charge is 0.321 e. The first-order chi connectivity index (χ1) is 7.56. The predicted molar refractivity (Wildman–Crippen MR) is 65.7 cm³/mol. The minimum Gasteiger partial charge on any atom is -0.335 e. The van der Waals surface area contributed by atoms with Gasteiger partial charge in [-0.15, -0.1) is 11.3 Å². The first-order valence-electron chi connectivity index (χ1n) is 5.56. The van der Waals surface area contributed by atoms with Crippen molar-refractivity contribution in [3.8, 4) is 0 Å². The first kappa shape index (κ1) is 11.4. The molecule has 1 aliphatic carbocycles. The molecule has 0 saturated heterocycles. The SMILES string of the molecule is Cc1csc(NC(=O)N[C@@H]2C[C@H]2C(C)C)n1. The van der Waals surface area contributed by atoms with E-state index in [0.29, 0.717) is 23.0 Å². The van der Waals surface area contributed by atoms with Crippen LogP contribution in [-0.4, -0.2) is 17.1 Å². The molecule has 2 atom stereocenters. The molecule has 0 unspecified atom stereocenters. The van der Waals surface area contributed by atoms with E-state index in [1.165, 1.54) is 11.3 Å². The van der Waals surface area contributed by atoms with E-state index in [9.17, 15) is 4.79 Å². The Hall–Kier alpha value is -1.10. The maximum Gasteiger partial charge on any atom is 0.321 e. The van der Waals surface area contributed by atoms with Gasteiger partial charge in [-0.25, -0.2) is 9.78 Å². The Labute approximate surface area is 99.5 Å². The summed E-state index contributed by atoms with van der Waals surface area (Å²) in [7, 11) is 0. The molecule has 2 rings (SSSR count). The molecule has 1 aromatic heterocycles. The summed E-state index contributed by atoms with van der Waals surface area (Å²) in [5.74, 6) is 1.29. The van der Waals surface area contributed by atoms with Crippen LogP contribution in [0.2, 0.25) is 0 Å². The topological polar surface area (TPSA) is 54.0 Å². The highest BCUT2D eigenvalue weighted by Crippen LogP contribution is 2.37. The van der Waals surface area contributed by atoms with E-state index in [0.717, 1.165) is 12.1 Å². The van der Waals surface area contributed by atoms with Crippen LogP contribution in [0, 0.1) is 18.8 Å².